The van der Waals surface area contributed by atoms with Gasteiger partial charge >= 0.3 is 5.69 Å². The normalized spacial score (nSPS) is 10.6. The van der Waals surface area contributed by atoms with Crippen LogP contribution in [0.2, 0.25) is 0 Å². The number of nitrogens with zero attached hydrogens (tertiary/aromatic N) is 2. The smallest absolute Gasteiger partial charge is 0.310 e. The predicted octanol–water partition coefficient (Wildman–Crippen LogP) is 6.39. The third-order valence-electron chi connectivity index (χ3n) is 4.93. The van der Waals surface area contributed by atoms with Gasteiger partial charge in [-0.2, -0.15) is 0 Å². The lowest BCUT2D eigenvalue weighted by Crippen LogP contribution is -2.11. The molecule has 1 aromatic heterocycles. The number of hydrogen-bond acceptors (Lipinski definition) is 8. The topological polar surface area (TPSA) is 138 Å². The summed E-state index contributed by atoms with van der Waals surface area (Å²) in [6.07, 6.45) is 0. The van der Waals surface area contributed by atoms with Crippen LogP contribution in [0.4, 0.5) is 17.1 Å². The maximum Gasteiger partial charge on any atom is 0.310 e. The van der Waals surface area contributed by atoms with Gasteiger partial charge in [0.25, 0.3) is 11.6 Å². The number of anilines is 1. The molecule has 0 saturated heterocycles. The Hall–Kier alpha value is -4.64. The first-order valence-corrected chi connectivity index (χ1v) is 11.4. The fourth-order valence-corrected chi connectivity index (χ4v) is 4.12. The van der Waals surface area contributed by atoms with E-state index in [0.717, 1.165) is 10.5 Å². The van der Waals surface area contributed by atoms with Gasteiger partial charge in [-0.05, 0) is 43.3 Å². The summed E-state index contributed by atoms with van der Waals surface area (Å²) >= 11 is 1.33. The maximum absolute atomic E-state index is 12.7. The molecule has 3 aromatic carbocycles. The van der Waals surface area contributed by atoms with E-state index in [9.17, 15) is 25.0 Å². The van der Waals surface area contributed by atoms with E-state index in [0.29, 0.717) is 4.90 Å². The summed E-state index contributed by atoms with van der Waals surface area (Å²) in [7, 11) is 0. The van der Waals surface area contributed by atoms with Crippen LogP contribution in [0.25, 0.3) is 0 Å². The summed E-state index contributed by atoms with van der Waals surface area (Å²) in [5, 5.41) is 25.2. The van der Waals surface area contributed by atoms with Crippen molar-refractivity contribution in [2.45, 2.75) is 23.3 Å². The monoisotopic (exact) mass is 505 g/mol. The van der Waals surface area contributed by atoms with Crippen molar-refractivity contribution < 1.29 is 23.8 Å². The van der Waals surface area contributed by atoms with E-state index in [1.807, 2.05) is 31.2 Å². The molecule has 0 spiro atoms. The van der Waals surface area contributed by atoms with Gasteiger partial charge in [-0.25, -0.2) is 0 Å². The molecule has 1 amide bonds. The molecule has 0 fully saturated rings. The molecule has 0 unspecified atom stereocenters. The standard InChI is InChI=1S/C25H19N3O7S/c1-16-6-9-20(10-7-16)36-21-13-17(12-18(14-21)27(30)31)26-25(29)24-11-8-19(35-24)15-34-23-5-3-2-4-22(23)28(32)33/h2-14H,15H2,1H3,(H,26,29). The number of rotatable bonds is 9. The van der Waals surface area contributed by atoms with Gasteiger partial charge in [-0.3, -0.25) is 25.0 Å². The van der Waals surface area contributed by atoms with Gasteiger partial charge in [0.2, 0.25) is 0 Å². The summed E-state index contributed by atoms with van der Waals surface area (Å²) < 4.78 is 11.0. The Morgan fingerprint density at radius 1 is 0.944 bits per heavy atom. The first kappa shape index (κ1) is 24.5. The number of ether oxygens (including phenoxy) is 1. The van der Waals surface area contributed by atoms with Gasteiger partial charge in [0.15, 0.2) is 11.5 Å². The van der Waals surface area contributed by atoms with Gasteiger partial charge < -0.3 is 14.5 Å². The molecule has 1 N–H and O–H groups in total. The highest BCUT2D eigenvalue weighted by Crippen LogP contribution is 2.33. The fraction of sp³-hybridized carbons (Fsp3) is 0.0800. The minimum Gasteiger partial charge on any atom is -0.479 e. The van der Waals surface area contributed by atoms with E-state index >= 15 is 0 Å². The van der Waals surface area contributed by atoms with Crippen molar-refractivity contribution in [2.75, 3.05) is 5.32 Å². The van der Waals surface area contributed by atoms with Crippen LogP contribution in [0.1, 0.15) is 21.9 Å². The minimum absolute atomic E-state index is 0.0459. The number of amides is 1. The molecular weight excluding hydrogens is 486 g/mol. The van der Waals surface area contributed by atoms with Crippen LogP contribution in [0.15, 0.2) is 93.1 Å². The van der Waals surface area contributed by atoms with Crippen LogP contribution in [0, 0.1) is 27.2 Å². The maximum atomic E-state index is 12.7. The molecule has 1 heterocycles. The zero-order chi connectivity index (χ0) is 25.7. The van der Waals surface area contributed by atoms with Crippen molar-refractivity contribution in [2.24, 2.45) is 0 Å². The number of nitro benzene ring substituents is 2. The molecule has 0 bridgehead atoms. The number of nitrogens with one attached hydrogen (secondary N) is 1. The lowest BCUT2D eigenvalue weighted by molar-refractivity contribution is -0.386. The zero-order valence-electron chi connectivity index (χ0n) is 18.9. The number of aryl methyl sites for hydroxylation is 1. The summed E-state index contributed by atoms with van der Waals surface area (Å²) in [6.45, 7) is 1.83. The molecule has 182 valence electrons. The second-order valence-electron chi connectivity index (χ2n) is 7.62. The van der Waals surface area contributed by atoms with Crippen LogP contribution in [0.5, 0.6) is 5.75 Å². The van der Waals surface area contributed by atoms with Crippen LogP contribution < -0.4 is 10.1 Å². The first-order chi connectivity index (χ1) is 17.3. The zero-order valence-corrected chi connectivity index (χ0v) is 19.7. The van der Waals surface area contributed by atoms with Crippen LogP contribution in [-0.2, 0) is 6.61 Å². The van der Waals surface area contributed by atoms with E-state index < -0.39 is 15.8 Å². The van der Waals surface area contributed by atoms with Crippen molar-refractivity contribution in [3.05, 3.63) is 116 Å². The number of carbonyl (C=O) groups is 1. The van der Waals surface area contributed by atoms with Crippen LogP contribution >= 0.6 is 11.8 Å². The van der Waals surface area contributed by atoms with Crippen molar-refractivity contribution in [3.8, 4) is 5.75 Å². The number of furan rings is 1. The molecule has 0 atom stereocenters. The highest BCUT2D eigenvalue weighted by molar-refractivity contribution is 7.99. The molecule has 0 aliphatic carbocycles. The average Bonchev–Trinajstić information content (AvgIpc) is 3.33. The Morgan fingerprint density at radius 3 is 2.42 bits per heavy atom. The molecule has 11 heteroatoms. The third kappa shape index (κ3) is 6.07. The molecule has 0 radical (unpaired) electrons. The third-order valence-corrected chi connectivity index (χ3v) is 5.91. The van der Waals surface area contributed by atoms with E-state index in [1.165, 1.54) is 54.2 Å². The largest absolute Gasteiger partial charge is 0.479 e. The quantitative estimate of drug-likeness (QED) is 0.204. The minimum atomic E-state index is -0.612. The number of benzene rings is 3. The molecule has 4 aromatic rings. The van der Waals surface area contributed by atoms with Gasteiger partial charge in [0.1, 0.15) is 12.4 Å². The van der Waals surface area contributed by atoms with Crippen LogP contribution in [0.3, 0.4) is 0 Å². The SMILES string of the molecule is Cc1ccc(Sc2cc(NC(=O)c3ccc(COc4ccccc4[N+](=O)[O-])o3)cc([N+](=O)[O-])c2)cc1. The lowest BCUT2D eigenvalue weighted by Gasteiger charge is -2.08. The van der Waals surface area contributed by atoms with Crippen LogP contribution in [-0.4, -0.2) is 15.8 Å². The Balaban J connectivity index is 1.46. The van der Waals surface area contributed by atoms with Crippen molar-refractivity contribution in [1.82, 2.24) is 0 Å². The van der Waals surface area contributed by atoms with Gasteiger partial charge in [0, 0.05) is 33.7 Å². The van der Waals surface area contributed by atoms with Gasteiger partial charge in [0.05, 0.1) is 9.85 Å². The molecule has 0 aliphatic heterocycles. The van der Waals surface area contributed by atoms with E-state index in [1.54, 1.807) is 12.1 Å². The average molecular weight is 506 g/mol. The number of non-ortho nitro benzene ring substituents is 1. The number of carbonyl (C=O) groups excluding carboxylic acids is 1. The van der Waals surface area contributed by atoms with E-state index in [4.69, 9.17) is 9.15 Å². The Bertz CT molecular complexity index is 1430. The summed E-state index contributed by atoms with van der Waals surface area (Å²) in [6, 6.07) is 20.9. The summed E-state index contributed by atoms with van der Waals surface area (Å²) in [5.41, 5.74) is 0.974. The second kappa shape index (κ2) is 10.7. The molecule has 0 saturated carbocycles. The molecule has 0 aliphatic rings. The Labute approximate surface area is 209 Å². The number of para-hydroxylation sites is 2. The number of nitro groups is 2. The van der Waals surface area contributed by atoms with Gasteiger partial charge in [-0.15, -0.1) is 0 Å². The predicted molar refractivity (Wildman–Crippen MR) is 132 cm³/mol. The second-order valence-corrected chi connectivity index (χ2v) is 8.77. The lowest BCUT2D eigenvalue weighted by atomic mass is 10.2. The molecule has 4 rings (SSSR count). The summed E-state index contributed by atoms with van der Waals surface area (Å²) in [5.74, 6) is -0.317. The Morgan fingerprint density at radius 2 is 1.69 bits per heavy atom. The molecule has 36 heavy (non-hydrogen) atoms. The fourth-order valence-electron chi connectivity index (χ4n) is 3.21. The van der Waals surface area contributed by atoms with Crippen molar-refractivity contribution in [1.29, 1.82) is 0 Å². The van der Waals surface area contributed by atoms with E-state index in [-0.39, 0.29) is 40.9 Å². The van der Waals surface area contributed by atoms with Gasteiger partial charge in [-0.1, -0.05) is 41.6 Å². The highest BCUT2D eigenvalue weighted by Gasteiger charge is 2.18. The summed E-state index contributed by atoms with van der Waals surface area (Å²) in [4.78, 5) is 35.7. The van der Waals surface area contributed by atoms with Crippen molar-refractivity contribution >= 4 is 34.7 Å². The van der Waals surface area contributed by atoms with Crippen molar-refractivity contribution in [3.63, 3.8) is 0 Å². The highest BCUT2D eigenvalue weighted by atomic mass is 32.2. The first-order valence-electron chi connectivity index (χ1n) is 10.6. The van der Waals surface area contributed by atoms with E-state index in [2.05, 4.69) is 5.32 Å². The number of hydrogen-bond donors (Lipinski definition) is 1. The Kier molecular flexibility index (Phi) is 7.31. The molecular formula is C25H19N3O7S. The molecule has 10 nitrogen and oxygen atoms in total.